The standard InChI is InChI=1S/C31H17FN3O2.C20H28GeN.Ir/c1-17-13-14-21(29-27(17)20-15-16-26(32)34-31(20)37-29)30-33-22-9-3-4-10-23(22)35(30)24-11-6-8-19-18-7-2-5-12-25(18)36-28(19)24;1-15(2)16(3)12-18-13-20(17-10-8-7-9-11-17)22-14-19(18)21(4,5)6;/h2-13,15-16H,1H3;7-10,13-16H,12H2,1-6H3;/q2*-1;. The number of pyridine rings is 2. The number of furan rings is 2. The van der Waals surface area contributed by atoms with Crippen LogP contribution < -0.4 is 4.40 Å². The third-order valence-corrected chi connectivity index (χ3v) is 15.8. The Morgan fingerprint density at radius 1 is 0.783 bits per heavy atom. The van der Waals surface area contributed by atoms with Gasteiger partial charge in [-0.15, -0.1) is 17.7 Å². The first-order chi connectivity index (χ1) is 28.5. The van der Waals surface area contributed by atoms with E-state index in [4.69, 9.17) is 18.8 Å². The molecule has 1 atom stereocenters. The number of hydrogen-bond donors (Lipinski definition) is 0. The molecule has 9 heteroatoms. The zero-order valence-corrected chi connectivity index (χ0v) is 39.2. The maximum atomic E-state index is 13.9. The van der Waals surface area contributed by atoms with Crippen LogP contribution in [0.5, 0.6) is 0 Å². The molecule has 0 saturated carbocycles. The van der Waals surface area contributed by atoms with Gasteiger partial charge in [0.1, 0.15) is 5.58 Å². The summed E-state index contributed by atoms with van der Waals surface area (Å²) in [5.74, 6) is 8.83. The molecular weight excluding hydrogens is 984 g/mol. The number of aryl methyl sites for hydroxylation is 1. The number of benzene rings is 5. The largest absolute Gasteiger partial charge is 0.486 e. The molecule has 0 spiro atoms. The minimum absolute atomic E-state index is 0. The summed E-state index contributed by atoms with van der Waals surface area (Å²) in [6, 6.07) is 44.2. The van der Waals surface area contributed by atoms with Gasteiger partial charge in [0.25, 0.3) is 0 Å². The van der Waals surface area contributed by atoms with Crippen LogP contribution in [0.2, 0.25) is 17.3 Å². The number of para-hydroxylation sites is 4. The summed E-state index contributed by atoms with van der Waals surface area (Å²) < 4.78 is 30.1. The number of imidazole rings is 1. The van der Waals surface area contributed by atoms with Gasteiger partial charge in [-0.1, -0.05) is 60.3 Å². The zero-order valence-electron chi connectivity index (χ0n) is 34.7. The third-order valence-electron chi connectivity index (χ3n) is 11.4. The molecule has 60 heavy (non-hydrogen) atoms. The molecule has 303 valence electrons. The minimum Gasteiger partial charge on any atom is -0.486 e. The fraction of sp³-hybridized carbons (Fsp3) is 0.196. The molecule has 5 aromatic heterocycles. The van der Waals surface area contributed by atoms with Crippen molar-refractivity contribution in [2.75, 3.05) is 0 Å². The molecule has 0 aliphatic rings. The topological polar surface area (TPSA) is 69.9 Å². The summed E-state index contributed by atoms with van der Waals surface area (Å²) in [7, 11) is 0. The van der Waals surface area contributed by atoms with E-state index in [1.807, 2.05) is 79.7 Å². The normalized spacial score (nSPS) is 12.3. The van der Waals surface area contributed by atoms with Crippen molar-refractivity contribution >= 4 is 72.7 Å². The Balaban J connectivity index is 0.000000187. The van der Waals surface area contributed by atoms with Crippen LogP contribution >= 0.6 is 0 Å². The van der Waals surface area contributed by atoms with Crippen LogP contribution in [0.15, 0.2) is 130 Å². The van der Waals surface area contributed by atoms with Gasteiger partial charge < -0.3 is 13.4 Å². The summed E-state index contributed by atoms with van der Waals surface area (Å²) in [4.78, 5) is 13.8. The third kappa shape index (κ3) is 7.61. The molecule has 0 bridgehead atoms. The average molecular weight is 1030 g/mol. The molecule has 5 aromatic carbocycles. The Morgan fingerprint density at radius 2 is 1.55 bits per heavy atom. The van der Waals surface area contributed by atoms with E-state index in [0.29, 0.717) is 28.8 Å². The van der Waals surface area contributed by atoms with Crippen molar-refractivity contribution < 1.29 is 33.3 Å². The fourth-order valence-electron chi connectivity index (χ4n) is 7.98. The quantitative estimate of drug-likeness (QED) is 0.0904. The van der Waals surface area contributed by atoms with Crippen LogP contribution in [0.25, 0.3) is 83.4 Å². The van der Waals surface area contributed by atoms with Crippen molar-refractivity contribution in [3.05, 3.63) is 151 Å². The summed E-state index contributed by atoms with van der Waals surface area (Å²) in [5.41, 5.74) is 10.3. The van der Waals surface area contributed by atoms with Crippen LogP contribution in [-0.4, -0.2) is 32.8 Å². The van der Waals surface area contributed by atoms with Crippen molar-refractivity contribution in [1.29, 1.82) is 0 Å². The van der Waals surface area contributed by atoms with Gasteiger partial charge in [-0.25, -0.2) is 0 Å². The Labute approximate surface area is 365 Å². The molecule has 0 fully saturated rings. The Hall–Kier alpha value is -5.41. The van der Waals surface area contributed by atoms with E-state index >= 15 is 0 Å². The van der Waals surface area contributed by atoms with E-state index in [-0.39, 0.29) is 25.8 Å². The van der Waals surface area contributed by atoms with Gasteiger partial charge in [0, 0.05) is 36.3 Å². The van der Waals surface area contributed by atoms with Crippen LogP contribution in [0, 0.1) is 36.8 Å². The van der Waals surface area contributed by atoms with E-state index in [0.717, 1.165) is 72.7 Å². The zero-order chi connectivity index (χ0) is 41.0. The van der Waals surface area contributed by atoms with Crippen molar-refractivity contribution in [3.63, 3.8) is 0 Å². The van der Waals surface area contributed by atoms with Crippen LogP contribution in [0.4, 0.5) is 4.39 Å². The van der Waals surface area contributed by atoms with Crippen LogP contribution in [-0.2, 0) is 26.5 Å². The van der Waals surface area contributed by atoms with E-state index in [9.17, 15) is 4.39 Å². The van der Waals surface area contributed by atoms with E-state index in [1.54, 1.807) is 10.5 Å². The molecule has 0 aliphatic carbocycles. The summed E-state index contributed by atoms with van der Waals surface area (Å²) >= 11 is -1.90. The monoisotopic (exact) mass is 1030 g/mol. The minimum atomic E-state index is -1.90. The van der Waals surface area contributed by atoms with Crippen molar-refractivity contribution in [2.24, 2.45) is 11.8 Å². The van der Waals surface area contributed by atoms with Crippen LogP contribution in [0.1, 0.15) is 31.9 Å². The predicted molar refractivity (Wildman–Crippen MR) is 242 cm³/mol. The first-order valence-corrected chi connectivity index (χ1v) is 27.6. The molecule has 0 saturated heterocycles. The Bertz CT molecular complexity index is 3160. The predicted octanol–water partition coefficient (Wildman–Crippen LogP) is 13.1. The van der Waals surface area contributed by atoms with Crippen molar-refractivity contribution in [1.82, 2.24) is 19.5 Å². The van der Waals surface area contributed by atoms with E-state index < -0.39 is 19.2 Å². The number of hydrogen-bond acceptors (Lipinski definition) is 5. The molecule has 10 rings (SSSR count). The van der Waals surface area contributed by atoms with E-state index in [1.165, 1.54) is 11.6 Å². The maximum Gasteiger partial charge on any atom is 0.218 e. The van der Waals surface area contributed by atoms with Gasteiger partial charge in [0.15, 0.2) is 5.58 Å². The SMILES string of the molecule is CC(C)C(C)Cc1cc(-c2[c-]cccc2)nc[c]1[Ge]([CH3])([CH3])[CH3].Cc1c[c-]c(-c2nc3ccccc3n2-c2cccc3c2oc2ccccc23)c2oc3nc(F)ccc3c12.[Ir]. The molecule has 10 aromatic rings. The van der Waals surface area contributed by atoms with Crippen LogP contribution in [0.3, 0.4) is 0 Å². The molecule has 0 aliphatic heterocycles. The maximum absolute atomic E-state index is 13.9. The molecule has 1 radical (unpaired) electrons. The molecule has 0 amide bonds. The molecular formula is C51H45FGeIrN4O2-2. The Kier molecular flexibility index (Phi) is 11.4. The number of aromatic nitrogens is 4. The number of nitrogens with zero attached hydrogens (tertiary/aromatic N) is 4. The number of fused-ring (bicyclic) bond motifs is 7. The van der Waals surface area contributed by atoms with Crippen molar-refractivity contribution in [3.8, 4) is 28.3 Å². The summed E-state index contributed by atoms with van der Waals surface area (Å²) in [6.07, 6.45) is 3.30. The Morgan fingerprint density at radius 3 is 2.33 bits per heavy atom. The smallest absolute Gasteiger partial charge is 0.218 e. The van der Waals surface area contributed by atoms with Gasteiger partial charge >= 0.3 is 138 Å². The number of halogens is 1. The van der Waals surface area contributed by atoms with Crippen molar-refractivity contribution in [2.45, 2.75) is 51.4 Å². The summed E-state index contributed by atoms with van der Waals surface area (Å²) in [6.45, 7) is 8.98. The van der Waals surface area contributed by atoms with Gasteiger partial charge in [-0.3, -0.25) is 4.98 Å². The summed E-state index contributed by atoms with van der Waals surface area (Å²) in [5, 5.41) is 3.71. The average Bonchev–Trinajstić information content (AvgIpc) is 3.93. The van der Waals surface area contributed by atoms with Gasteiger partial charge in [0.05, 0.1) is 28.1 Å². The first-order valence-electron chi connectivity index (χ1n) is 20.2. The fourth-order valence-corrected chi connectivity index (χ4v) is 11.3. The first kappa shape index (κ1) is 41.3. The molecule has 5 heterocycles. The second-order valence-corrected chi connectivity index (χ2v) is 27.4. The van der Waals surface area contributed by atoms with Gasteiger partial charge in [0.2, 0.25) is 11.7 Å². The molecule has 0 N–H and O–H groups in total. The molecule has 6 nitrogen and oxygen atoms in total. The molecule has 1 unspecified atom stereocenters. The second kappa shape index (κ2) is 16.6. The van der Waals surface area contributed by atoms with Gasteiger partial charge in [-0.05, 0) is 36.4 Å². The second-order valence-electron chi connectivity index (χ2n) is 16.8. The van der Waals surface area contributed by atoms with E-state index in [2.05, 4.69) is 96.3 Å². The number of rotatable bonds is 7. The van der Waals surface area contributed by atoms with Gasteiger partial charge in [-0.2, -0.15) is 9.37 Å².